The molecule has 0 heterocycles. The molecule has 0 bridgehead atoms. The van der Waals surface area contributed by atoms with Crippen LogP contribution in [-0.2, 0) is 4.43 Å². The zero-order chi connectivity index (χ0) is 10.3. The zero-order valence-electron chi connectivity index (χ0n) is 8.85. The minimum Gasteiger partial charge on any atom is -0.414 e. The Labute approximate surface area is 90.9 Å². The molecule has 2 nitrogen and oxygen atoms in total. The van der Waals surface area contributed by atoms with Crippen LogP contribution in [0.3, 0.4) is 0 Å². The van der Waals surface area contributed by atoms with Crippen LogP contribution in [0.15, 0.2) is 0 Å². The van der Waals surface area contributed by atoms with Crippen LogP contribution in [0.2, 0.25) is 18.1 Å². The average Bonchev–Trinajstić information content (AvgIpc) is 2.20. The van der Waals surface area contributed by atoms with Crippen LogP contribution < -0.4 is 0 Å². The van der Waals surface area contributed by atoms with Gasteiger partial charge in [0.15, 0.2) is 8.32 Å². The first kappa shape index (κ1) is 13.6. The molecule has 0 aliphatic rings. The van der Waals surface area contributed by atoms with Crippen molar-refractivity contribution in [2.45, 2.75) is 45.0 Å². The summed E-state index contributed by atoms with van der Waals surface area (Å²) in [6.07, 6.45) is -0.350. The third kappa shape index (κ3) is 4.58. The van der Waals surface area contributed by atoms with E-state index in [1.54, 1.807) is 0 Å². The molecule has 1 atom stereocenters. The Bertz CT molecular complexity index is 121. The van der Waals surface area contributed by atoms with Gasteiger partial charge in [0, 0.05) is 5.33 Å². The van der Waals surface area contributed by atoms with Crippen molar-refractivity contribution in [3.63, 3.8) is 0 Å². The minimum atomic E-state index is -1.48. The molecule has 0 radical (unpaired) electrons. The molecule has 0 rings (SSSR count). The first-order chi connectivity index (χ1) is 6.14. The molecule has 13 heavy (non-hydrogen) atoms. The molecule has 0 aromatic rings. The van der Waals surface area contributed by atoms with Crippen molar-refractivity contribution in [1.29, 1.82) is 0 Å². The van der Waals surface area contributed by atoms with E-state index in [-0.39, 0.29) is 6.10 Å². The van der Waals surface area contributed by atoms with Gasteiger partial charge in [-0.2, -0.15) is 0 Å². The van der Waals surface area contributed by atoms with Crippen molar-refractivity contribution in [3.05, 3.63) is 0 Å². The van der Waals surface area contributed by atoms with Crippen molar-refractivity contribution in [2.24, 2.45) is 0 Å². The molecule has 0 amide bonds. The third-order valence-electron chi connectivity index (χ3n) is 2.69. The van der Waals surface area contributed by atoms with E-state index in [4.69, 9.17) is 4.43 Å². The smallest absolute Gasteiger partial charge is 0.192 e. The number of halogens is 1. The van der Waals surface area contributed by atoms with Gasteiger partial charge in [-0.05, 0) is 18.1 Å². The molecule has 0 aliphatic heterocycles. The second-order valence-corrected chi connectivity index (χ2v) is 8.79. The van der Waals surface area contributed by atoms with Crippen LogP contribution in [-0.4, -0.2) is 31.5 Å². The number of rotatable bonds is 7. The maximum Gasteiger partial charge on any atom is 0.192 e. The van der Waals surface area contributed by atoms with Crippen molar-refractivity contribution in [3.8, 4) is 0 Å². The van der Waals surface area contributed by atoms with Gasteiger partial charge in [0.2, 0.25) is 0 Å². The lowest BCUT2D eigenvalue weighted by atomic mass is 10.5. The largest absolute Gasteiger partial charge is 0.414 e. The van der Waals surface area contributed by atoms with E-state index < -0.39 is 8.32 Å². The van der Waals surface area contributed by atoms with E-state index in [0.717, 1.165) is 18.1 Å². The fourth-order valence-electron chi connectivity index (χ4n) is 1.37. The molecule has 0 aliphatic carbocycles. The van der Waals surface area contributed by atoms with E-state index in [2.05, 4.69) is 36.7 Å². The number of aliphatic hydroxyl groups is 1. The Hall–Kier alpha value is 0.617. The summed E-state index contributed by atoms with van der Waals surface area (Å²) < 4.78 is 5.89. The van der Waals surface area contributed by atoms with Crippen LogP contribution in [0.25, 0.3) is 0 Å². The van der Waals surface area contributed by atoms with Crippen molar-refractivity contribution >= 4 is 24.2 Å². The molecule has 1 N–H and O–H groups in total. The number of aliphatic hydroxyl groups excluding tert-OH is 1. The van der Waals surface area contributed by atoms with E-state index >= 15 is 0 Å². The highest BCUT2D eigenvalue weighted by Gasteiger charge is 2.29. The number of hydrogen-bond acceptors (Lipinski definition) is 2. The summed E-state index contributed by atoms with van der Waals surface area (Å²) in [6.45, 7) is 7.08. The summed E-state index contributed by atoms with van der Waals surface area (Å²) in [4.78, 5) is 0. The van der Waals surface area contributed by atoms with Gasteiger partial charge in [0.05, 0.1) is 12.7 Å². The maximum atomic E-state index is 9.36. The van der Waals surface area contributed by atoms with Gasteiger partial charge >= 0.3 is 0 Å². The molecule has 0 aromatic carbocycles. The zero-order valence-corrected chi connectivity index (χ0v) is 11.4. The van der Waals surface area contributed by atoms with Crippen molar-refractivity contribution in [1.82, 2.24) is 0 Å². The van der Waals surface area contributed by atoms with Crippen LogP contribution in [0.5, 0.6) is 0 Å². The topological polar surface area (TPSA) is 29.5 Å². The van der Waals surface area contributed by atoms with E-state index in [1.165, 1.54) is 0 Å². The fraction of sp³-hybridized carbons (Fsp3) is 1.00. The highest BCUT2D eigenvalue weighted by molar-refractivity contribution is 9.09. The highest BCUT2D eigenvalue weighted by atomic mass is 79.9. The van der Waals surface area contributed by atoms with Crippen molar-refractivity contribution in [2.75, 3.05) is 11.9 Å². The predicted octanol–water partition coefficient (Wildman–Crippen LogP) is 2.76. The number of alkyl halides is 1. The SMILES string of the molecule is CC[Si](CC)(CC)OC[C@H](O)CBr. The van der Waals surface area contributed by atoms with Gasteiger partial charge in [-0.3, -0.25) is 0 Å². The monoisotopic (exact) mass is 268 g/mol. The molecule has 4 heteroatoms. The Morgan fingerprint density at radius 2 is 1.69 bits per heavy atom. The molecular formula is C9H21BrO2Si. The normalized spacial score (nSPS) is 14.5. The van der Waals surface area contributed by atoms with E-state index in [9.17, 15) is 5.11 Å². The number of hydrogen-bond donors (Lipinski definition) is 1. The minimum absolute atomic E-state index is 0.350. The quantitative estimate of drug-likeness (QED) is 0.569. The second kappa shape index (κ2) is 6.98. The summed E-state index contributed by atoms with van der Waals surface area (Å²) in [5.74, 6) is 0. The van der Waals surface area contributed by atoms with Gasteiger partial charge in [0.25, 0.3) is 0 Å². The summed E-state index contributed by atoms with van der Waals surface area (Å²) in [7, 11) is -1.48. The van der Waals surface area contributed by atoms with E-state index in [1.807, 2.05) is 0 Å². The Morgan fingerprint density at radius 3 is 2.00 bits per heavy atom. The van der Waals surface area contributed by atoms with E-state index in [0.29, 0.717) is 11.9 Å². The first-order valence-electron chi connectivity index (χ1n) is 5.02. The molecule has 0 saturated carbocycles. The lowest BCUT2D eigenvalue weighted by Crippen LogP contribution is -2.38. The maximum absolute atomic E-state index is 9.36. The molecule has 0 unspecified atom stereocenters. The lowest BCUT2D eigenvalue weighted by Gasteiger charge is -2.28. The summed E-state index contributed by atoms with van der Waals surface area (Å²) >= 11 is 3.23. The Balaban J connectivity index is 3.95. The van der Waals surface area contributed by atoms with Gasteiger partial charge in [-0.15, -0.1) is 0 Å². The average molecular weight is 269 g/mol. The van der Waals surface area contributed by atoms with Gasteiger partial charge in [-0.25, -0.2) is 0 Å². The first-order valence-corrected chi connectivity index (χ1v) is 8.67. The summed E-state index contributed by atoms with van der Waals surface area (Å²) in [6, 6.07) is 3.44. The molecular weight excluding hydrogens is 248 g/mol. The fourth-order valence-corrected chi connectivity index (χ4v) is 4.22. The van der Waals surface area contributed by atoms with Crippen LogP contribution in [0.1, 0.15) is 20.8 Å². The highest BCUT2D eigenvalue weighted by Crippen LogP contribution is 2.21. The van der Waals surface area contributed by atoms with Gasteiger partial charge in [0.1, 0.15) is 0 Å². The second-order valence-electron chi connectivity index (χ2n) is 3.36. The molecule has 0 fully saturated rings. The van der Waals surface area contributed by atoms with Crippen LogP contribution in [0.4, 0.5) is 0 Å². The molecule has 0 spiro atoms. The molecule has 80 valence electrons. The lowest BCUT2D eigenvalue weighted by molar-refractivity contribution is 0.121. The summed E-state index contributed by atoms with van der Waals surface area (Å²) in [5, 5.41) is 9.96. The molecule has 0 saturated heterocycles. The third-order valence-corrected chi connectivity index (χ3v) is 8.09. The van der Waals surface area contributed by atoms with Crippen LogP contribution >= 0.6 is 15.9 Å². The Kier molecular flexibility index (Phi) is 7.31. The van der Waals surface area contributed by atoms with Gasteiger partial charge < -0.3 is 9.53 Å². The standard InChI is InChI=1S/C9H21BrO2Si/c1-4-13(5-2,6-3)12-8-9(11)7-10/h9,11H,4-8H2,1-3H3/t9-/m1/s1. The van der Waals surface area contributed by atoms with Gasteiger partial charge in [-0.1, -0.05) is 36.7 Å². The molecule has 0 aromatic heterocycles. The summed E-state index contributed by atoms with van der Waals surface area (Å²) in [5.41, 5.74) is 0. The Morgan fingerprint density at radius 1 is 1.23 bits per heavy atom. The van der Waals surface area contributed by atoms with Crippen molar-refractivity contribution < 1.29 is 9.53 Å². The van der Waals surface area contributed by atoms with Crippen LogP contribution in [0, 0.1) is 0 Å². The predicted molar refractivity (Wildman–Crippen MR) is 62.9 cm³/mol.